The molecule has 0 amide bonds. The highest BCUT2D eigenvalue weighted by Crippen LogP contribution is 2.37. The molecule has 1 aromatic heterocycles. The number of nitro groups is 1. The zero-order chi connectivity index (χ0) is 18.0. The van der Waals surface area contributed by atoms with Gasteiger partial charge in [0.1, 0.15) is 11.2 Å². The number of nitro benzene ring substituents is 1. The molecule has 0 aliphatic carbocycles. The summed E-state index contributed by atoms with van der Waals surface area (Å²) in [7, 11) is -3.73. The highest BCUT2D eigenvalue weighted by molar-refractivity contribution is 7.99. The van der Waals surface area contributed by atoms with E-state index in [9.17, 15) is 18.5 Å². The minimum absolute atomic E-state index is 0.165. The van der Waals surface area contributed by atoms with Crippen molar-refractivity contribution in [1.29, 1.82) is 0 Å². The molecule has 0 saturated heterocycles. The summed E-state index contributed by atoms with van der Waals surface area (Å²) in [5, 5.41) is 15.9. The van der Waals surface area contributed by atoms with Gasteiger partial charge in [-0.25, -0.2) is 18.1 Å². The van der Waals surface area contributed by atoms with Crippen molar-refractivity contribution in [2.75, 3.05) is 6.26 Å². The number of sulfone groups is 1. The lowest BCUT2D eigenvalue weighted by molar-refractivity contribution is -0.390. The van der Waals surface area contributed by atoms with E-state index in [0.717, 1.165) is 23.7 Å². The van der Waals surface area contributed by atoms with Crippen LogP contribution < -0.4 is 0 Å². The van der Waals surface area contributed by atoms with Gasteiger partial charge in [0.05, 0.1) is 15.5 Å². The van der Waals surface area contributed by atoms with Gasteiger partial charge in [-0.3, -0.25) is 10.1 Å². The molecule has 1 heterocycles. The zero-order valence-electron chi connectivity index (χ0n) is 12.9. The van der Waals surface area contributed by atoms with Crippen molar-refractivity contribution in [1.82, 2.24) is 14.8 Å². The van der Waals surface area contributed by atoms with E-state index in [1.165, 1.54) is 29.2 Å². The van der Waals surface area contributed by atoms with E-state index < -0.39 is 20.4 Å². The maximum Gasteiger partial charge on any atom is 0.301 e. The van der Waals surface area contributed by atoms with Crippen LogP contribution in [0, 0.1) is 10.1 Å². The first kappa shape index (κ1) is 17.1. The van der Waals surface area contributed by atoms with Crippen molar-refractivity contribution >= 4 is 27.3 Å². The van der Waals surface area contributed by atoms with Crippen LogP contribution in [0.25, 0.3) is 5.69 Å². The second kappa shape index (κ2) is 6.65. The summed E-state index contributed by atoms with van der Waals surface area (Å²) in [4.78, 5) is 14.6. The average Bonchev–Trinajstić information content (AvgIpc) is 3.03. The van der Waals surface area contributed by atoms with Crippen molar-refractivity contribution < 1.29 is 13.3 Å². The molecule has 0 spiro atoms. The van der Waals surface area contributed by atoms with Crippen LogP contribution in [-0.2, 0) is 9.84 Å². The Morgan fingerprint density at radius 3 is 2.48 bits per heavy atom. The molecule has 0 unspecified atom stereocenters. The Morgan fingerprint density at radius 1 is 1.12 bits per heavy atom. The predicted octanol–water partition coefficient (Wildman–Crippen LogP) is 2.73. The Balaban J connectivity index is 1.99. The molecule has 0 bridgehead atoms. The van der Waals surface area contributed by atoms with E-state index in [-0.39, 0.29) is 14.9 Å². The van der Waals surface area contributed by atoms with Gasteiger partial charge >= 0.3 is 5.69 Å². The third-order valence-electron chi connectivity index (χ3n) is 3.24. The third-order valence-corrected chi connectivity index (χ3v) is 5.28. The Kier molecular flexibility index (Phi) is 4.55. The van der Waals surface area contributed by atoms with E-state index in [1.807, 2.05) is 30.3 Å². The van der Waals surface area contributed by atoms with Gasteiger partial charge in [-0.2, -0.15) is 0 Å². The summed E-state index contributed by atoms with van der Waals surface area (Å²) in [5.41, 5.74) is 0.326. The van der Waals surface area contributed by atoms with Crippen molar-refractivity contribution in [3.05, 3.63) is 65.0 Å². The van der Waals surface area contributed by atoms with Crippen LogP contribution >= 0.6 is 11.8 Å². The van der Waals surface area contributed by atoms with Crippen LogP contribution in [0.5, 0.6) is 0 Å². The predicted molar refractivity (Wildman–Crippen MR) is 91.7 cm³/mol. The maximum atomic E-state index is 11.8. The second-order valence-electron chi connectivity index (χ2n) is 5.04. The lowest BCUT2D eigenvalue weighted by Crippen LogP contribution is -2.03. The monoisotopic (exact) mass is 376 g/mol. The van der Waals surface area contributed by atoms with Gasteiger partial charge in [-0.1, -0.05) is 24.3 Å². The molecule has 0 N–H and O–H groups in total. The van der Waals surface area contributed by atoms with E-state index in [4.69, 9.17) is 0 Å². The number of benzene rings is 2. The van der Waals surface area contributed by atoms with Gasteiger partial charge in [0.15, 0.2) is 9.84 Å². The highest BCUT2D eigenvalue weighted by atomic mass is 32.2. The SMILES string of the molecule is CS(=O)(=O)c1cccc(Sc2ncn(-c3ccccc3)n2)c1[N+](=O)[O-]. The first-order valence-electron chi connectivity index (χ1n) is 6.98. The molecule has 0 radical (unpaired) electrons. The zero-order valence-corrected chi connectivity index (χ0v) is 14.6. The van der Waals surface area contributed by atoms with Crippen LogP contribution in [0.2, 0.25) is 0 Å². The minimum atomic E-state index is -3.73. The van der Waals surface area contributed by atoms with Crippen molar-refractivity contribution in [3.63, 3.8) is 0 Å². The summed E-state index contributed by atoms with van der Waals surface area (Å²) < 4.78 is 25.1. The summed E-state index contributed by atoms with van der Waals surface area (Å²) in [6.45, 7) is 0. The Hall–Kier alpha value is -2.72. The third kappa shape index (κ3) is 3.69. The van der Waals surface area contributed by atoms with Crippen molar-refractivity contribution in [2.45, 2.75) is 14.9 Å². The molecule has 25 heavy (non-hydrogen) atoms. The molecule has 0 aliphatic heterocycles. The van der Waals surface area contributed by atoms with Crippen molar-refractivity contribution in [3.8, 4) is 5.69 Å². The number of hydrogen-bond donors (Lipinski definition) is 0. The summed E-state index contributed by atoms with van der Waals surface area (Å²) in [6.07, 6.45) is 2.43. The molecular formula is C15H12N4O4S2. The molecule has 0 saturated carbocycles. The molecule has 0 aliphatic rings. The lowest BCUT2D eigenvalue weighted by atomic mass is 10.3. The Bertz CT molecular complexity index is 1030. The average molecular weight is 376 g/mol. The van der Waals surface area contributed by atoms with Gasteiger partial charge < -0.3 is 0 Å². The second-order valence-corrected chi connectivity index (χ2v) is 8.03. The Labute approximate surface area is 147 Å². The fraction of sp³-hybridized carbons (Fsp3) is 0.0667. The van der Waals surface area contributed by atoms with E-state index in [0.29, 0.717) is 0 Å². The van der Waals surface area contributed by atoms with Gasteiger partial charge in [0.25, 0.3) is 0 Å². The largest absolute Gasteiger partial charge is 0.301 e. The number of para-hydroxylation sites is 2. The van der Waals surface area contributed by atoms with Crippen LogP contribution in [0.1, 0.15) is 0 Å². The molecule has 2 aromatic carbocycles. The van der Waals surface area contributed by atoms with E-state index in [2.05, 4.69) is 10.1 Å². The number of nitrogens with zero attached hydrogens (tertiary/aromatic N) is 4. The Morgan fingerprint density at radius 2 is 1.84 bits per heavy atom. The first-order chi connectivity index (χ1) is 11.9. The standard InChI is InChI=1S/C15H12N4O4S2/c1-25(22,23)13-9-5-8-12(14(13)19(20)21)24-15-16-10-18(17-15)11-6-3-2-4-7-11/h2-10H,1H3. The number of hydrogen-bond acceptors (Lipinski definition) is 7. The molecular weight excluding hydrogens is 364 g/mol. The summed E-state index contributed by atoms with van der Waals surface area (Å²) in [6, 6.07) is 13.4. The fourth-order valence-electron chi connectivity index (χ4n) is 2.16. The number of aromatic nitrogens is 3. The molecule has 3 aromatic rings. The highest BCUT2D eigenvalue weighted by Gasteiger charge is 2.27. The molecule has 8 nitrogen and oxygen atoms in total. The molecule has 0 fully saturated rings. The van der Waals surface area contributed by atoms with Crippen LogP contribution in [-0.4, -0.2) is 34.4 Å². The molecule has 128 valence electrons. The van der Waals surface area contributed by atoms with Crippen molar-refractivity contribution in [2.24, 2.45) is 0 Å². The maximum absolute atomic E-state index is 11.8. The summed E-state index contributed by atoms with van der Waals surface area (Å²) in [5.74, 6) is 0. The van der Waals surface area contributed by atoms with E-state index in [1.54, 1.807) is 0 Å². The minimum Gasteiger partial charge on any atom is -0.258 e. The van der Waals surface area contributed by atoms with Crippen LogP contribution in [0.15, 0.2) is 69.8 Å². The lowest BCUT2D eigenvalue weighted by Gasteiger charge is -2.04. The fourth-order valence-corrected chi connectivity index (χ4v) is 3.94. The smallest absolute Gasteiger partial charge is 0.258 e. The number of rotatable bonds is 5. The van der Waals surface area contributed by atoms with Crippen LogP contribution in [0.3, 0.4) is 0 Å². The quantitative estimate of drug-likeness (QED) is 0.497. The van der Waals surface area contributed by atoms with Gasteiger partial charge in [-0.05, 0) is 36.0 Å². The molecule has 10 heteroatoms. The molecule has 0 atom stereocenters. The van der Waals surface area contributed by atoms with Gasteiger partial charge in [0, 0.05) is 6.26 Å². The molecule has 3 rings (SSSR count). The van der Waals surface area contributed by atoms with E-state index >= 15 is 0 Å². The topological polar surface area (TPSA) is 108 Å². The normalized spacial score (nSPS) is 11.4. The summed E-state index contributed by atoms with van der Waals surface area (Å²) >= 11 is 0.939. The van der Waals surface area contributed by atoms with Crippen LogP contribution in [0.4, 0.5) is 5.69 Å². The van der Waals surface area contributed by atoms with Gasteiger partial charge in [0.2, 0.25) is 5.16 Å². The van der Waals surface area contributed by atoms with Gasteiger partial charge in [-0.15, -0.1) is 5.10 Å². The first-order valence-corrected chi connectivity index (χ1v) is 9.69.